The van der Waals surface area contributed by atoms with Crippen molar-refractivity contribution in [3.63, 3.8) is 0 Å². The van der Waals surface area contributed by atoms with Gasteiger partial charge in [0.05, 0.1) is 48.0 Å². The van der Waals surface area contributed by atoms with Crippen molar-refractivity contribution < 1.29 is 17.9 Å². The lowest BCUT2D eigenvalue weighted by Gasteiger charge is -2.24. The number of sulfonamides is 1. The van der Waals surface area contributed by atoms with E-state index in [1.807, 2.05) is 63.3 Å². The van der Waals surface area contributed by atoms with Crippen molar-refractivity contribution in [2.24, 2.45) is 0 Å². The number of nitrogens with one attached hydrogen (secondary N) is 4. The molecule has 2 aromatic carbocycles. The van der Waals surface area contributed by atoms with Crippen LogP contribution in [-0.2, 0) is 15.4 Å². The van der Waals surface area contributed by atoms with Gasteiger partial charge >= 0.3 is 0 Å². The van der Waals surface area contributed by atoms with Crippen LogP contribution in [0.15, 0.2) is 42.7 Å². The highest BCUT2D eigenvalue weighted by molar-refractivity contribution is 7.92. The van der Waals surface area contributed by atoms with Crippen LogP contribution >= 0.6 is 0 Å². The van der Waals surface area contributed by atoms with Crippen LogP contribution in [0.25, 0.3) is 5.70 Å². The van der Waals surface area contributed by atoms with Crippen LogP contribution in [0.3, 0.4) is 0 Å². The summed E-state index contributed by atoms with van der Waals surface area (Å²) in [6.45, 7) is 12.3. The molecule has 1 saturated carbocycles. The highest BCUT2D eigenvalue weighted by atomic mass is 32.2. The average Bonchev–Trinajstić information content (AvgIpc) is 3.45. The Labute approximate surface area is 253 Å². The monoisotopic (exact) mass is 607 g/mol. The SMILES string of the molecule is COc1c(NC(=O)c2ccc(C)c(N3C=C(c4cnn(C(C)C)c4C4CC4)NN3)c2)cc(C(C)(C)C)cc1NS(C)(=O)=O. The second-order valence-corrected chi connectivity index (χ2v) is 14.3. The Kier molecular flexibility index (Phi) is 7.95. The van der Waals surface area contributed by atoms with Crippen molar-refractivity contribution in [1.29, 1.82) is 0 Å². The van der Waals surface area contributed by atoms with Gasteiger partial charge in [-0.3, -0.25) is 19.2 Å². The van der Waals surface area contributed by atoms with Crippen molar-refractivity contribution in [2.75, 3.05) is 28.4 Å². The Morgan fingerprint density at radius 1 is 1.14 bits per heavy atom. The van der Waals surface area contributed by atoms with Crippen LogP contribution in [0, 0.1) is 6.92 Å². The van der Waals surface area contributed by atoms with Crippen LogP contribution < -0.4 is 30.7 Å². The fourth-order valence-electron chi connectivity index (χ4n) is 5.19. The zero-order chi connectivity index (χ0) is 31.3. The van der Waals surface area contributed by atoms with Gasteiger partial charge < -0.3 is 15.5 Å². The lowest BCUT2D eigenvalue weighted by molar-refractivity contribution is 0.102. The summed E-state index contributed by atoms with van der Waals surface area (Å²) in [6.07, 6.45) is 7.31. The summed E-state index contributed by atoms with van der Waals surface area (Å²) in [7, 11) is -2.15. The van der Waals surface area contributed by atoms with Gasteiger partial charge in [-0.2, -0.15) is 5.10 Å². The number of amides is 1. The molecule has 12 heteroatoms. The molecule has 1 fully saturated rings. The number of hydrogen-bond donors (Lipinski definition) is 4. The molecule has 0 saturated heterocycles. The Morgan fingerprint density at radius 3 is 2.44 bits per heavy atom. The number of methoxy groups -OCH3 is 1. The number of carbonyl (C=O) groups excluding carboxylic acids is 1. The minimum atomic E-state index is -3.59. The maximum absolute atomic E-state index is 13.6. The van der Waals surface area contributed by atoms with Crippen LogP contribution in [0.4, 0.5) is 17.1 Å². The van der Waals surface area contributed by atoms with Crippen LogP contribution in [0.1, 0.15) is 92.2 Å². The van der Waals surface area contributed by atoms with Gasteiger partial charge in [-0.25, -0.2) is 8.42 Å². The molecule has 3 aromatic rings. The summed E-state index contributed by atoms with van der Waals surface area (Å²) in [6, 6.07) is 9.28. The van der Waals surface area contributed by atoms with Gasteiger partial charge in [0.25, 0.3) is 5.91 Å². The van der Waals surface area contributed by atoms with E-state index in [0.717, 1.165) is 34.3 Å². The molecule has 0 atom stereocenters. The van der Waals surface area contributed by atoms with Gasteiger partial charge in [-0.1, -0.05) is 26.8 Å². The first kappa shape index (κ1) is 30.4. The van der Waals surface area contributed by atoms with E-state index in [4.69, 9.17) is 4.74 Å². The van der Waals surface area contributed by atoms with Crippen molar-refractivity contribution in [2.45, 2.75) is 71.8 Å². The minimum Gasteiger partial charge on any atom is -0.492 e. The second kappa shape index (κ2) is 11.2. The summed E-state index contributed by atoms with van der Waals surface area (Å²) >= 11 is 0. The summed E-state index contributed by atoms with van der Waals surface area (Å²) in [5.41, 5.74) is 13.1. The van der Waals surface area contributed by atoms with Gasteiger partial charge in [0.2, 0.25) is 10.0 Å². The third kappa shape index (κ3) is 6.50. The molecule has 11 nitrogen and oxygen atoms in total. The molecule has 1 amide bonds. The Bertz CT molecular complexity index is 1700. The number of aromatic nitrogens is 2. The van der Waals surface area contributed by atoms with Crippen molar-refractivity contribution in [3.8, 4) is 5.75 Å². The van der Waals surface area contributed by atoms with E-state index in [2.05, 4.69) is 44.6 Å². The topological polar surface area (TPSA) is 130 Å². The van der Waals surface area contributed by atoms with Gasteiger partial charge in [-0.05, 0) is 74.4 Å². The normalized spacial score (nSPS) is 15.4. The highest BCUT2D eigenvalue weighted by Crippen LogP contribution is 2.44. The van der Waals surface area contributed by atoms with Crippen molar-refractivity contribution >= 4 is 38.7 Å². The molecule has 0 radical (unpaired) electrons. The molecule has 0 unspecified atom stereocenters. The van der Waals surface area contributed by atoms with Crippen LogP contribution in [0.5, 0.6) is 5.75 Å². The lowest BCUT2D eigenvalue weighted by Crippen LogP contribution is -2.36. The molecule has 1 aromatic heterocycles. The zero-order valence-corrected chi connectivity index (χ0v) is 26.8. The maximum Gasteiger partial charge on any atom is 0.255 e. The lowest BCUT2D eigenvalue weighted by atomic mass is 9.86. The van der Waals surface area contributed by atoms with Crippen molar-refractivity contribution in [1.82, 2.24) is 20.7 Å². The molecule has 230 valence electrons. The summed E-state index contributed by atoms with van der Waals surface area (Å²) < 4.78 is 34.4. The van der Waals surface area contributed by atoms with Gasteiger partial charge in [0, 0.05) is 29.3 Å². The average molecular weight is 608 g/mol. The number of aryl methyl sites for hydroxylation is 1. The number of nitrogens with zero attached hydrogens (tertiary/aromatic N) is 3. The van der Waals surface area contributed by atoms with E-state index in [1.54, 1.807) is 12.1 Å². The molecule has 0 spiro atoms. The molecule has 2 aliphatic rings. The number of hydrogen-bond acceptors (Lipinski definition) is 8. The molecular weight excluding hydrogens is 566 g/mol. The molecule has 1 aliphatic heterocycles. The third-order valence-corrected chi connectivity index (χ3v) is 8.17. The highest BCUT2D eigenvalue weighted by Gasteiger charge is 2.33. The number of anilines is 3. The van der Waals surface area contributed by atoms with E-state index in [1.165, 1.54) is 25.6 Å². The smallest absolute Gasteiger partial charge is 0.255 e. The third-order valence-electron chi connectivity index (χ3n) is 7.58. The number of hydrazine groups is 2. The van der Waals surface area contributed by atoms with Crippen LogP contribution in [0.2, 0.25) is 0 Å². The quantitative estimate of drug-likeness (QED) is 0.254. The molecular formula is C31H41N7O4S. The predicted octanol–water partition coefficient (Wildman–Crippen LogP) is 5.41. The number of benzene rings is 2. The van der Waals surface area contributed by atoms with Gasteiger partial charge in [-0.15, -0.1) is 5.53 Å². The molecule has 4 N–H and O–H groups in total. The van der Waals surface area contributed by atoms with E-state index < -0.39 is 10.0 Å². The fraction of sp³-hybridized carbons (Fsp3) is 0.419. The first-order chi connectivity index (χ1) is 20.2. The first-order valence-electron chi connectivity index (χ1n) is 14.4. The molecule has 0 bridgehead atoms. The van der Waals surface area contributed by atoms with Crippen LogP contribution in [-0.4, -0.2) is 37.5 Å². The largest absolute Gasteiger partial charge is 0.492 e. The minimum absolute atomic E-state index is 0.227. The van der Waals surface area contributed by atoms with Crippen molar-refractivity contribution in [3.05, 3.63) is 70.7 Å². The van der Waals surface area contributed by atoms with E-state index >= 15 is 0 Å². The summed E-state index contributed by atoms with van der Waals surface area (Å²) in [5, 5.41) is 9.47. The summed E-state index contributed by atoms with van der Waals surface area (Å²) in [4.78, 5) is 13.6. The molecule has 43 heavy (non-hydrogen) atoms. The fourth-order valence-corrected chi connectivity index (χ4v) is 5.74. The Hall–Kier alpha value is -4.03. The molecule has 1 aliphatic carbocycles. The van der Waals surface area contributed by atoms with E-state index in [-0.39, 0.29) is 28.8 Å². The number of rotatable bonds is 9. The second-order valence-electron chi connectivity index (χ2n) is 12.6. The Morgan fingerprint density at radius 2 is 1.84 bits per heavy atom. The summed E-state index contributed by atoms with van der Waals surface area (Å²) in [5.74, 6) is 0.388. The predicted molar refractivity (Wildman–Crippen MR) is 171 cm³/mol. The zero-order valence-electron chi connectivity index (χ0n) is 26.0. The first-order valence-corrected chi connectivity index (χ1v) is 16.3. The van der Waals surface area contributed by atoms with Gasteiger partial charge in [0.15, 0.2) is 5.75 Å². The maximum atomic E-state index is 13.6. The molecule has 2 heterocycles. The van der Waals surface area contributed by atoms with Gasteiger partial charge in [0.1, 0.15) is 0 Å². The standard InChI is InChI=1S/C31H41N7O4S/c1-18(2)38-28(20-11-12-20)23(16-32-38)26-17-37(36-34-26)27-13-21(10-9-19(27)3)30(39)33-24-14-22(31(4,5)6)15-25(29(24)42-7)35-43(8,40)41/h9-10,13-18,20,34-36H,11-12H2,1-8H3,(H,33,39). The van der Waals surface area contributed by atoms with E-state index in [9.17, 15) is 13.2 Å². The number of ether oxygens (including phenoxy) is 1. The Balaban J connectivity index is 1.45. The van der Waals surface area contributed by atoms with E-state index in [0.29, 0.717) is 17.2 Å². The molecule has 5 rings (SSSR count). The number of carbonyl (C=O) groups is 1.